The molecular formula is C17H14F2N4O. The first-order valence-corrected chi connectivity index (χ1v) is 6.88. The molecule has 1 aromatic heterocycles. The number of nitrogens with zero attached hydrogens (tertiary/aromatic N) is 2. The molecule has 2 aromatic rings. The van der Waals surface area contributed by atoms with Gasteiger partial charge in [0.05, 0.1) is 5.56 Å². The zero-order chi connectivity index (χ0) is 17.7. The van der Waals surface area contributed by atoms with Gasteiger partial charge in [0.25, 0.3) is 0 Å². The Morgan fingerprint density at radius 1 is 1.38 bits per heavy atom. The molecule has 0 amide bonds. The van der Waals surface area contributed by atoms with Crippen LogP contribution in [-0.4, -0.2) is 16.8 Å². The van der Waals surface area contributed by atoms with Gasteiger partial charge in [-0.25, -0.2) is 4.98 Å². The highest BCUT2D eigenvalue weighted by atomic mass is 19.3. The van der Waals surface area contributed by atoms with Crippen molar-refractivity contribution in [3.8, 4) is 11.8 Å². The molecule has 2 rings (SSSR count). The second-order valence-electron chi connectivity index (χ2n) is 4.87. The molecule has 1 aromatic carbocycles. The Labute approximate surface area is 137 Å². The molecule has 1 heterocycles. The zero-order valence-electron chi connectivity index (χ0n) is 12.8. The minimum absolute atomic E-state index is 0.0193. The normalized spacial score (nSPS) is 10.6. The Morgan fingerprint density at radius 3 is 2.58 bits per heavy atom. The molecule has 24 heavy (non-hydrogen) atoms. The Kier molecular flexibility index (Phi) is 4.90. The lowest BCUT2D eigenvalue weighted by Gasteiger charge is -2.14. The van der Waals surface area contributed by atoms with Crippen molar-refractivity contribution in [3.63, 3.8) is 0 Å². The summed E-state index contributed by atoms with van der Waals surface area (Å²) < 4.78 is 30.1. The van der Waals surface area contributed by atoms with E-state index in [2.05, 4.69) is 21.6 Å². The molecule has 0 spiro atoms. The summed E-state index contributed by atoms with van der Waals surface area (Å²) in [7, 11) is 0. The molecule has 5 nitrogen and oxygen atoms in total. The second kappa shape index (κ2) is 6.87. The lowest BCUT2D eigenvalue weighted by Crippen LogP contribution is -2.18. The molecule has 0 radical (unpaired) electrons. The number of halogens is 2. The van der Waals surface area contributed by atoms with Crippen molar-refractivity contribution in [1.82, 2.24) is 4.98 Å². The number of hydrogen-bond acceptors (Lipinski definition) is 5. The van der Waals surface area contributed by atoms with E-state index in [9.17, 15) is 8.78 Å². The smallest absolute Gasteiger partial charge is 0.394 e. The molecule has 0 saturated heterocycles. The van der Waals surface area contributed by atoms with Gasteiger partial charge in [-0.1, -0.05) is 12.7 Å². The third-order valence-corrected chi connectivity index (χ3v) is 2.98. The first kappa shape index (κ1) is 17.1. The van der Waals surface area contributed by atoms with Crippen molar-refractivity contribution in [2.75, 3.05) is 5.32 Å². The summed E-state index contributed by atoms with van der Waals surface area (Å²) in [4.78, 5) is 4.13. The summed E-state index contributed by atoms with van der Waals surface area (Å²) >= 11 is 0. The minimum atomic E-state index is -3.26. The number of ether oxygens (including phenoxy) is 1. The Bertz CT molecular complexity index is 805. The molecule has 0 fully saturated rings. The SMILES string of the molecule is C=Cc1ccnc(Nc2ccc(OC(C)(F)F)cc2)c1C(=N)C#N. The van der Waals surface area contributed by atoms with Crippen molar-refractivity contribution in [2.45, 2.75) is 13.0 Å². The highest BCUT2D eigenvalue weighted by Gasteiger charge is 2.23. The van der Waals surface area contributed by atoms with E-state index in [1.54, 1.807) is 12.1 Å². The number of rotatable bonds is 6. The summed E-state index contributed by atoms with van der Waals surface area (Å²) in [6.07, 6.45) is -0.221. The quantitative estimate of drug-likeness (QED) is 0.772. The predicted molar refractivity (Wildman–Crippen MR) is 87.7 cm³/mol. The topological polar surface area (TPSA) is 81.8 Å². The van der Waals surface area contributed by atoms with Crippen LogP contribution in [0.25, 0.3) is 6.08 Å². The molecule has 122 valence electrons. The van der Waals surface area contributed by atoms with Crippen LogP contribution in [-0.2, 0) is 0 Å². The number of nitriles is 1. The molecule has 0 unspecified atom stereocenters. The van der Waals surface area contributed by atoms with Crippen LogP contribution in [0.3, 0.4) is 0 Å². The van der Waals surface area contributed by atoms with Gasteiger partial charge in [-0.2, -0.15) is 14.0 Å². The van der Waals surface area contributed by atoms with Crippen LogP contribution in [0.15, 0.2) is 43.1 Å². The number of aromatic nitrogens is 1. The van der Waals surface area contributed by atoms with E-state index in [4.69, 9.17) is 10.7 Å². The largest absolute Gasteiger partial charge is 0.433 e. The van der Waals surface area contributed by atoms with E-state index < -0.39 is 6.11 Å². The standard InChI is InChI=1S/C17H14F2N4O/c1-3-11-8-9-22-16(15(11)14(21)10-20)23-12-4-6-13(7-5-12)24-17(2,18)19/h3-9,21H,1H2,2H3,(H,22,23). The third-order valence-electron chi connectivity index (χ3n) is 2.98. The number of alkyl halides is 2. The Balaban J connectivity index is 2.30. The fraction of sp³-hybridized carbons (Fsp3) is 0.118. The maximum absolute atomic E-state index is 12.8. The van der Waals surface area contributed by atoms with E-state index in [1.807, 2.05) is 0 Å². The number of pyridine rings is 1. The minimum Gasteiger partial charge on any atom is -0.433 e. The van der Waals surface area contributed by atoms with Gasteiger partial charge in [0.2, 0.25) is 0 Å². The molecule has 0 aliphatic heterocycles. The summed E-state index contributed by atoms with van der Waals surface area (Å²) in [5, 5.41) is 19.7. The molecule has 0 aliphatic carbocycles. The average Bonchev–Trinajstić information content (AvgIpc) is 2.54. The molecule has 0 aliphatic rings. The number of anilines is 2. The van der Waals surface area contributed by atoms with Crippen molar-refractivity contribution in [1.29, 1.82) is 10.7 Å². The van der Waals surface area contributed by atoms with Gasteiger partial charge in [0.1, 0.15) is 23.3 Å². The van der Waals surface area contributed by atoms with E-state index in [0.29, 0.717) is 29.6 Å². The highest BCUT2D eigenvalue weighted by molar-refractivity contribution is 6.14. The molecule has 0 atom stereocenters. The van der Waals surface area contributed by atoms with Crippen LogP contribution in [0.2, 0.25) is 0 Å². The molecule has 0 bridgehead atoms. The Morgan fingerprint density at radius 2 is 2.04 bits per heavy atom. The zero-order valence-corrected chi connectivity index (χ0v) is 12.8. The number of benzene rings is 1. The van der Waals surface area contributed by atoms with Gasteiger partial charge in [-0.3, -0.25) is 5.41 Å². The van der Waals surface area contributed by atoms with E-state index in [1.165, 1.54) is 36.5 Å². The molecular weight excluding hydrogens is 314 g/mol. The lowest BCUT2D eigenvalue weighted by atomic mass is 10.0. The maximum atomic E-state index is 12.8. The van der Waals surface area contributed by atoms with Crippen LogP contribution in [0.5, 0.6) is 5.75 Å². The van der Waals surface area contributed by atoms with Crippen LogP contribution in [0.1, 0.15) is 18.1 Å². The van der Waals surface area contributed by atoms with Gasteiger partial charge in [-0.05, 0) is 35.9 Å². The van der Waals surface area contributed by atoms with Crippen molar-refractivity contribution in [2.24, 2.45) is 0 Å². The lowest BCUT2D eigenvalue weighted by molar-refractivity contribution is -0.158. The van der Waals surface area contributed by atoms with Crippen LogP contribution < -0.4 is 10.1 Å². The summed E-state index contributed by atoms with van der Waals surface area (Å²) in [6.45, 7) is 4.31. The number of hydrogen-bond donors (Lipinski definition) is 2. The Hall–Kier alpha value is -3.27. The fourth-order valence-electron chi connectivity index (χ4n) is 2.01. The first-order valence-electron chi connectivity index (χ1n) is 6.88. The van der Waals surface area contributed by atoms with E-state index >= 15 is 0 Å². The molecule has 2 N–H and O–H groups in total. The summed E-state index contributed by atoms with van der Waals surface area (Å²) in [5.41, 5.74) is 1.19. The van der Waals surface area contributed by atoms with E-state index in [-0.39, 0.29) is 11.5 Å². The maximum Gasteiger partial charge on any atom is 0.394 e. The van der Waals surface area contributed by atoms with Crippen LogP contribution in [0, 0.1) is 16.7 Å². The van der Waals surface area contributed by atoms with Gasteiger partial charge in [0.15, 0.2) is 0 Å². The molecule has 7 heteroatoms. The van der Waals surface area contributed by atoms with Gasteiger partial charge in [0, 0.05) is 18.8 Å². The van der Waals surface area contributed by atoms with Crippen molar-refractivity contribution < 1.29 is 13.5 Å². The average molecular weight is 328 g/mol. The third kappa shape index (κ3) is 4.14. The highest BCUT2D eigenvalue weighted by Crippen LogP contribution is 2.26. The molecule has 0 saturated carbocycles. The number of nitrogens with one attached hydrogen (secondary N) is 2. The van der Waals surface area contributed by atoms with Crippen LogP contribution in [0.4, 0.5) is 20.3 Å². The fourth-order valence-corrected chi connectivity index (χ4v) is 2.01. The summed E-state index contributed by atoms with van der Waals surface area (Å²) in [6, 6.07) is 9.23. The summed E-state index contributed by atoms with van der Waals surface area (Å²) in [5.74, 6) is 0.319. The first-order chi connectivity index (χ1) is 11.3. The van der Waals surface area contributed by atoms with Crippen LogP contribution >= 0.6 is 0 Å². The van der Waals surface area contributed by atoms with E-state index in [0.717, 1.165) is 0 Å². The second-order valence-corrected chi connectivity index (χ2v) is 4.87. The predicted octanol–water partition coefficient (Wildman–Crippen LogP) is 4.35. The van der Waals surface area contributed by atoms with Gasteiger partial charge < -0.3 is 10.1 Å². The van der Waals surface area contributed by atoms with Gasteiger partial charge in [-0.15, -0.1) is 0 Å². The van der Waals surface area contributed by atoms with Crippen molar-refractivity contribution in [3.05, 3.63) is 54.2 Å². The van der Waals surface area contributed by atoms with Gasteiger partial charge >= 0.3 is 6.11 Å². The van der Waals surface area contributed by atoms with Crippen molar-refractivity contribution >= 4 is 23.3 Å². The monoisotopic (exact) mass is 328 g/mol.